The van der Waals surface area contributed by atoms with Gasteiger partial charge < -0.3 is 28.8 Å². The molecule has 34 heavy (non-hydrogen) atoms. The Morgan fingerprint density at radius 3 is 2.18 bits per heavy atom. The van der Waals surface area contributed by atoms with E-state index >= 15 is 0 Å². The van der Waals surface area contributed by atoms with Crippen molar-refractivity contribution in [3.63, 3.8) is 0 Å². The minimum absolute atomic E-state index is 0.408. The minimum Gasteiger partial charge on any atom is -0.455 e. The number of ether oxygens (including phenoxy) is 5. The number of hydrogen-bond acceptors (Lipinski definition) is 9. The maximum Gasteiger partial charge on any atom is 0.412 e. The first-order chi connectivity index (χ1) is 16.3. The summed E-state index contributed by atoms with van der Waals surface area (Å²) in [7, 11) is 1.32. The molecule has 0 saturated carbocycles. The quantitative estimate of drug-likeness (QED) is 0.381. The Bertz CT molecular complexity index is 874. The van der Waals surface area contributed by atoms with Crippen molar-refractivity contribution < 1.29 is 43.2 Å². The molecular formula is C24H31NO9. The fourth-order valence-electron chi connectivity index (χ4n) is 3.70. The average Bonchev–Trinajstić information content (AvgIpc) is 2.83. The summed E-state index contributed by atoms with van der Waals surface area (Å²) in [5.41, 5.74) is 0.485. The van der Waals surface area contributed by atoms with Crippen molar-refractivity contribution in [3.05, 3.63) is 42.5 Å². The van der Waals surface area contributed by atoms with Crippen LogP contribution in [0.4, 0.5) is 10.5 Å². The number of para-hydroxylation sites is 1. The van der Waals surface area contributed by atoms with Crippen LogP contribution in [0.3, 0.4) is 0 Å². The summed E-state index contributed by atoms with van der Waals surface area (Å²) in [6, 6.07) is 8.62. The van der Waals surface area contributed by atoms with Gasteiger partial charge >= 0.3 is 18.0 Å². The van der Waals surface area contributed by atoms with Crippen LogP contribution in [0.2, 0.25) is 0 Å². The van der Waals surface area contributed by atoms with E-state index in [0.29, 0.717) is 18.5 Å². The summed E-state index contributed by atoms with van der Waals surface area (Å²) in [5, 5.41) is 12.5. The number of aliphatic hydroxyl groups is 1. The Kier molecular flexibility index (Phi) is 9.03. The number of rotatable bonds is 4. The van der Waals surface area contributed by atoms with Gasteiger partial charge in [-0.05, 0) is 25.0 Å². The number of carbonyl (C=O) groups is 3. The van der Waals surface area contributed by atoms with Gasteiger partial charge in [0.1, 0.15) is 6.10 Å². The first-order valence-electron chi connectivity index (χ1n) is 11.2. The molecule has 10 nitrogen and oxygen atoms in total. The van der Waals surface area contributed by atoms with E-state index in [2.05, 4.69) is 5.32 Å². The number of esters is 2. The molecule has 1 saturated heterocycles. The number of carbonyl (C=O) groups excluding carboxylic acids is 3. The largest absolute Gasteiger partial charge is 0.455 e. The van der Waals surface area contributed by atoms with Crippen LogP contribution in [-0.2, 0) is 33.3 Å². The molecule has 0 aromatic heterocycles. The molecule has 2 N–H and O–H groups in total. The number of aliphatic hydroxyl groups excluding tert-OH is 1. The monoisotopic (exact) mass is 477 g/mol. The standard InChI is InChI=1S/C24H31NO9/c1-14-9-7-8-10-15(2)22(28)33-19-18(32-21(14)27)17(13-26)31-23(30-3)20(19)34-24(29)25-16-11-5-4-6-12-16/h4-8,11-12,14-15,17-20,23,26H,9-10,13H2,1-3H3,(H,25,29)/t14-,15-,17-,18+,19+,20-,23+/m1/s1. The molecule has 0 unspecified atom stereocenters. The van der Waals surface area contributed by atoms with Crippen molar-refractivity contribution in [1.82, 2.24) is 0 Å². The summed E-state index contributed by atoms with van der Waals surface area (Å²) in [6.07, 6.45) is -2.41. The lowest BCUT2D eigenvalue weighted by Gasteiger charge is -2.44. The number of benzene rings is 1. The molecule has 0 bridgehead atoms. The molecule has 2 heterocycles. The number of hydrogen-bond donors (Lipinski definition) is 2. The van der Waals surface area contributed by atoms with Crippen LogP contribution in [0.15, 0.2) is 42.5 Å². The summed E-state index contributed by atoms with van der Waals surface area (Å²) in [5.74, 6) is -2.12. The van der Waals surface area contributed by atoms with Crippen LogP contribution in [0.5, 0.6) is 0 Å². The molecule has 0 aliphatic carbocycles. The van der Waals surface area contributed by atoms with Gasteiger partial charge in [0.2, 0.25) is 0 Å². The first kappa shape index (κ1) is 25.7. The molecule has 186 valence electrons. The van der Waals surface area contributed by atoms with Gasteiger partial charge in [-0.2, -0.15) is 0 Å². The van der Waals surface area contributed by atoms with Crippen LogP contribution >= 0.6 is 0 Å². The molecule has 1 amide bonds. The highest BCUT2D eigenvalue weighted by Crippen LogP contribution is 2.31. The second-order valence-electron chi connectivity index (χ2n) is 8.37. The van der Waals surface area contributed by atoms with Crippen LogP contribution in [0, 0.1) is 11.8 Å². The Labute approximate surface area is 198 Å². The highest BCUT2D eigenvalue weighted by atomic mass is 16.7. The molecule has 1 aromatic rings. The normalized spacial score (nSPS) is 32.3. The van der Waals surface area contributed by atoms with Gasteiger partial charge in [-0.15, -0.1) is 0 Å². The second kappa shape index (κ2) is 12.0. The summed E-state index contributed by atoms with van der Waals surface area (Å²) in [4.78, 5) is 38.2. The molecule has 10 heteroatoms. The average molecular weight is 478 g/mol. The van der Waals surface area contributed by atoms with Crippen molar-refractivity contribution in [1.29, 1.82) is 0 Å². The van der Waals surface area contributed by atoms with Gasteiger partial charge in [-0.1, -0.05) is 44.2 Å². The number of allylic oxidation sites excluding steroid dienone is 2. The molecule has 2 aliphatic rings. The van der Waals surface area contributed by atoms with E-state index in [1.54, 1.807) is 44.2 Å². The van der Waals surface area contributed by atoms with E-state index in [4.69, 9.17) is 23.7 Å². The zero-order chi connectivity index (χ0) is 24.7. The van der Waals surface area contributed by atoms with E-state index < -0.39 is 67.2 Å². The molecule has 1 aromatic carbocycles. The second-order valence-corrected chi connectivity index (χ2v) is 8.37. The molecule has 1 fully saturated rings. The Morgan fingerprint density at radius 1 is 1.03 bits per heavy atom. The maximum absolute atomic E-state index is 12.8. The molecule has 2 aliphatic heterocycles. The third-order valence-electron chi connectivity index (χ3n) is 5.72. The molecule has 0 spiro atoms. The predicted octanol–water partition coefficient (Wildman–Crippen LogP) is 2.41. The lowest BCUT2D eigenvalue weighted by Crippen LogP contribution is -2.63. The third-order valence-corrected chi connectivity index (χ3v) is 5.72. The number of anilines is 1. The van der Waals surface area contributed by atoms with Gasteiger partial charge in [-0.25, -0.2) is 4.79 Å². The molecule has 3 rings (SSSR count). The number of amides is 1. The van der Waals surface area contributed by atoms with Crippen LogP contribution in [0.1, 0.15) is 26.7 Å². The van der Waals surface area contributed by atoms with E-state index in [9.17, 15) is 19.5 Å². The number of fused-ring (bicyclic) bond motifs is 1. The van der Waals surface area contributed by atoms with Crippen molar-refractivity contribution in [2.75, 3.05) is 19.0 Å². The fraction of sp³-hybridized carbons (Fsp3) is 0.542. The number of nitrogens with one attached hydrogen (secondary N) is 1. The third kappa shape index (κ3) is 6.34. The Morgan fingerprint density at radius 2 is 1.62 bits per heavy atom. The van der Waals surface area contributed by atoms with Gasteiger partial charge in [0.25, 0.3) is 0 Å². The molecule has 7 atom stereocenters. The lowest BCUT2D eigenvalue weighted by atomic mass is 9.97. The first-order valence-corrected chi connectivity index (χ1v) is 11.2. The van der Waals surface area contributed by atoms with Crippen molar-refractivity contribution in [2.45, 2.75) is 57.4 Å². The van der Waals surface area contributed by atoms with Gasteiger partial charge in [-0.3, -0.25) is 14.9 Å². The minimum atomic E-state index is -1.28. The Hall–Kier alpha value is -2.95. The van der Waals surface area contributed by atoms with Crippen molar-refractivity contribution in [2.24, 2.45) is 11.8 Å². The highest BCUT2D eigenvalue weighted by Gasteiger charge is 2.53. The fourth-order valence-corrected chi connectivity index (χ4v) is 3.70. The van der Waals surface area contributed by atoms with Gasteiger partial charge in [0.05, 0.1) is 18.4 Å². The molecular weight excluding hydrogens is 446 g/mol. The van der Waals surface area contributed by atoms with E-state index in [-0.39, 0.29) is 0 Å². The maximum atomic E-state index is 12.8. The Balaban J connectivity index is 1.92. The predicted molar refractivity (Wildman–Crippen MR) is 120 cm³/mol. The van der Waals surface area contributed by atoms with Gasteiger partial charge in [0, 0.05) is 12.8 Å². The van der Waals surface area contributed by atoms with E-state index in [0.717, 1.165) is 0 Å². The zero-order valence-corrected chi connectivity index (χ0v) is 19.4. The summed E-state index contributed by atoms with van der Waals surface area (Å²) in [6.45, 7) is 2.87. The van der Waals surface area contributed by atoms with E-state index in [1.165, 1.54) is 7.11 Å². The SMILES string of the molecule is CO[C@H]1O[C@H](CO)[C@@H]2OC(=O)[C@H](C)CC=CC[C@@H](C)C(=O)O[C@@H]2[C@H]1OC(=O)Nc1ccccc1. The van der Waals surface area contributed by atoms with Crippen LogP contribution in [-0.4, -0.2) is 67.6 Å². The lowest BCUT2D eigenvalue weighted by molar-refractivity contribution is -0.299. The van der Waals surface area contributed by atoms with Crippen molar-refractivity contribution >= 4 is 23.7 Å². The van der Waals surface area contributed by atoms with Crippen molar-refractivity contribution in [3.8, 4) is 0 Å². The smallest absolute Gasteiger partial charge is 0.412 e. The summed E-state index contributed by atoms with van der Waals surface area (Å²) >= 11 is 0. The zero-order valence-electron chi connectivity index (χ0n) is 19.4. The number of methoxy groups -OCH3 is 1. The van der Waals surface area contributed by atoms with E-state index in [1.807, 2.05) is 12.2 Å². The van der Waals surface area contributed by atoms with Crippen LogP contribution in [0.25, 0.3) is 0 Å². The highest BCUT2D eigenvalue weighted by molar-refractivity contribution is 5.84. The topological polar surface area (TPSA) is 130 Å². The summed E-state index contributed by atoms with van der Waals surface area (Å²) < 4.78 is 28.0. The molecule has 0 radical (unpaired) electrons. The van der Waals surface area contributed by atoms with Crippen LogP contribution < -0.4 is 5.32 Å². The van der Waals surface area contributed by atoms with Gasteiger partial charge in [0.15, 0.2) is 24.6 Å².